The van der Waals surface area contributed by atoms with Crippen LogP contribution in [0.3, 0.4) is 0 Å². The smallest absolute Gasteiger partial charge is 0.245 e. The molecule has 0 bridgehead atoms. The fraction of sp³-hybridized carbons (Fsp3) is 0.533. The first-order valence-corrected chi connectivity index (χ1v) is 7.13. The molecule has 6 heteroatoms. The van der Waals surface area contributed by atoms with Crippen LogP contribution in [-0.2, 0) is 16.1 Å². The monoisotopic (exact) mass is 291 g/mol. The van der Waals surface area contributed by atoms with Crippen molar-refractivity contribution < 1.29 is 14.3 Å². The summed E-state index contributed by atoms with van der Waals surface area (Å²) < 4.78 is 5.21. The van der Waals surface area contributed by atoms with Crippen LogP contribution in [0.5, 0.6) is 5.75 Å². The molecule has 1 N–H and O–H groups in total. The Kier molecular flexibility index (Phi) is 4.77. The highest BCUT2D eigenvalue weighted by Gasteiger charge is 2.32. The van der Waals surface area contributed by atoms with E-state index in [1.807, 2.05) is 19.9 Å². The van der Waals surface area contributed by atoms with Gasteiger partial charge >= 0.3 is 0 Å². The lowest BCUT2D eigenvalue weighted by molar-refractivity contribution is -0.145. The Morgan fingerprint density at radius 2 is 2.19 bits per heavy atom. The fourth-order valence-corrected chi connectivity index (χ4v) is 2.49. The number of aromatic nitrogens is 1. The molecule has 1 aliphatic rings. The van der Waals surface area contributed by atoms with E-state index in [0.29, 0.717) is 18.7 Å². The molecular weight excluding hydrogens is 270 g/mol. The maximum Gasteiger partial charge on any atom is 0.245 e. The number of nitrogens with zero attached hydrogens (tertiary/aromatic N) is 2. The van der Waals surface area contributed by atoms with Crippen molar-refractivity contribution in [1.82, 2.24) is 15.2 Å². The maximum atomic E-state index is 12.4. The summed E-state index contributed by atoms with van der Waals surface area (Å²) in [5.41, 5.74) is 1.55. The van der Waals surface area contributed by atoms with Gasteiger partial charge in [0.25, 0.3) is 0 Å². The van der Waals surface area contributed by atoms with Crippen LogP contribution in [0, 0.1) is 6.92 Å². The highest BCUT2D eigenvalue weighted by Crippen LogP contribution is 2.16. The third-order valence-corrected chi connectivity index (χ3v) is 3.43. The van der Waals surface area contributed by atoms with Crippen molar-refractivity contribution in [1.29, 1.82) is 0 Å². The second kappa shape index (κ2) is 6.56. The topological polar surface area (TPSA) is 71.5 Å². The van der Waals surface area contributed by atoms with E-state index in [2.05, 4.69) is 10.3 Å². The molecule has 0 aliphatic carbocycles. The number of rotatable bonds is 5. The predicted molar refractivity (Wildman–Crippen MR) is 77.8 cm³/mol. The number of hydrogen-bond acceptors (Lipinski definition) is 4. The summed E-state index contributed by atoms with van der Waals surface area (Å²) in [6.45, 7) is 4.27. The Balaban J connectivity index is 2.15. The molecular formula is C15H21N3O3. The van der Waals surface area contributed by atoms with E-state index in [1.165, 1.54) is 0 Å². The molecule has 6 nitrogen and oxygen atoms in total. The molecule has 1 aromatic rings. The SMILES string of the molecule is CCCC1NC(=O)CN(Cc2cc(OC)cc(C)n2)C1=O. The first kappa shape index (κ1) is 15.3. The van der Waals surface area contributed by atoms with Gasteiger partial charge in [-0.25, -0.2) is 0 Å². The normalized spacial score (nSPS) is 18.6. The Morgan fingerprint density at radius 1 is 1.43 bits per heavy atom. The van der Waals surface area contributed by atoms with Crippen molar-refractivity contribution in [3.63, 3.8) is 0 Å². The first-order chi connectivity index (χ1) is 10.0. The molecule has 1 aliphatic heterocycles. The highest BCUT2D eigenvalue weighted by atomic mass is 16.5. The van der Waals surface area contributed by atoms with Crippen molar-refractivity contribution in [2.75, 3.05) is 13.7 Å². The van der Waals surface area contributed by atoms with Crippen molar-refractivity contribution in [2.45, 2.75) is 39.3 Å². The van der Waals surface area contributed by atoms with Gasteiger partial charge in [0.2, 0.25) is 11.8 Å². The number of carbonyl (C=O) groups excluding carboxylic acids is 2. The summed E-state index contributed by atoms with van der Waals surface area (Å²) in [5.74, 6) is 0.544. The number of hydrogen-bond donors (Lipinski definition) is 1. The number of carbonyl (C=O) groups is 2. The van der Waals surface area contributed by atoms with Crippen molar-refractivity contribution in [3.05, 3.63) is 23.5 Å². The van der Waals surface area contributed by atoms with E-state index in [4.69, 9.17) is 4.74 Å². The summed E-state index contributed by atoms with van der Waals surface area (Å²) in [7, 11) is 1.59. The Bertz CT molecular complexity index is 545. The molecule has 114 valence electrons. The molecule has 2 amide bonds. The largest absolute Gasteiger partial charge is 0.497 e. The van der Waals surface area contributed by atoms with Crippen LogP contribution >= 0.6 is 0 Å². The Labute approximate surface area is 124 Å². The maximum absolute atomic E-state index is 12.4. The van der Waals surface area contributed by atoms with Crippen molar-refractivity contribution >= 4 is 11.8 Å². The van der Waals surface area contributed by atoms with Crippen LogP contribution in [0.15, 0.2) is 12.1 Å². The van der Waals surface area contributed by atoms with Crippen LogP contribution in [0.2, 0.25) is 0 Å². The van der Waals surface area contributed by atoms with Gasteiger partial charge in [0.05, 0.1) is 19.3 Å². The predicted octanol–water partition coefficient (Wildman–Crippen LogP) is 1.03. The zero-order valence-corrected chi connectivity index (χ0v) is 12.7. The van der Waals surface area contributed by atoms with E-state index >= 15 is 0 Å². The molecule has 1 unspecified atom stereocenters. The van der Waals surface area contributed by atoms with Crippen molar-refractivity contribution in [3.8, 4) is 5.75 Å². The van der Waals surface area contributed by atoms with E-state index < -0.39 is 6.04 Å². The van der Waals surface area contributed by atoms with Gasteiger partial charge in [0.1, 0.15) is 18.3 Å². The standard InChI is InChI=1S/C15H21N3O3/c1-4-5-13-15(20)18(9-14(19)17-13)8-11-7-12(21-3)6-10(2)16-11/h6-7,13H,4-5,8-9H2,1-3H3,(H,17,19). The lowest BCUT2D eigenvalue weighted by atomic mass is 10.1. The molecule has 2 heterocycles. The quantitative estimate of drug-likeness (QED) is 0.879. The zero-order valence-electron chi connectivity index (χ0n) is 12.7. The molecule has 0 saturated carbocycles. The number of methoxy groups -OCH3 is 1. The number of aryl methyl sites for hydroxylation is 1. The van der Waals surface area contributed by atoms with Crippen molar-refractivity contribution in [2.24, 2.45) is 0 Å². The molecule has 0 spiro atoms. The molecule has 1 atom stereocenters. The molecule has 21 heavy (non-hydrogen) atoms. The number of amides is 2. The van der Waals surface area contributed by atoms with Crippen LogP contribution in [0.1, 0.15) is 31.2 Å². The van der Waals surface area contributed by atoms with Gasteiger partial charge in [-0.3, -0.25) is 14.6 Å². The number of ether oxygens (including phenoxy) is 1. The Hall–Kier alpha value is -2.11. The van der Waals surface area contributed by atoms with E-state index in [1.54, 1.807) is 18.1 Å². The third kappa shape index (κ3) is 3.71. The lowest BCUT2D eigenvalue weighted by Gasteiger charge is -2.32. The molecule has 0 radical (unpaired) electrons. The average molecular weight is 291 g/mol. The van der Waals surface area contributed by atoms with Crippen LogP contribution < -0.4 is 10.1 Å². The van der Waals surface area contributed by atoms with Crippen LogP contribution in [-0.4, -0.2) is 41.4 Å². The molecule has 2 rings (SSSR count). The highest BCUT2D eigenvalue weighted by molar-refractivity contribution is 5.94. The van der Waals surface area contributed by atoms with E-state index in [0.717, 1.165) is 17.8 Å². The van der Waals surface area contributed by atoms with Crippen LogP contribution in [0.4, 0.5) is 0 Å². The first-order valence-electron chi connectivity index (χ1n) is 7.13. The van der Waals surface area contributed by atoms with Gasteiger partial charge in [-0.2, -0.15) is 0 Å². The number of piperazine rings is 1. The van der Waals surface area contributed by atoms with Gasteiger partial charge in [-0.15, -0.1) is 0 Å². The molecule has 1 aromatic heterocycles. The van der Waals surface area contributed by atoms with Gasteiger partial charge in [-0.05, 0) is 13.3 Å². The lowest BCUT2D eigenvalue weighted by Crippen LogP contribution is -2.57. The summed E-state index contributed by atoms with van der Waals surface area (Å²) in [4.78, 5) is 30.0. The summed E-state index contributed by atoms with van der Waals surface area (Å²) in [6, 6.07) is 3.21. The van der Waals surface area contributed by atoms with Gasteiger partial charge in [0, 0.05) is 17.8 Å². The number of pyridine rings is 1. The summed E-state index contributed by atoms with van der Waals surface area (Å²) >= 11 is 0. The minimum Gasteiger partial charge on any atom is -0.497 e. The van der Waals surface area contributed by atoms with Gasteiger partial charge < -0.3 is 15.0 Å². The second-order valence-corrected chi connectivity index (χ2v) is 5.24. The van der Waals surface area contributed by atoms with E-state index in [9.17, 15) is 9.59 Å². The molecule has 0 aromatic carbocycles. The second-order valence-electron chi connectivity index (χ2n) is 5.24. The minimum atomic E-state index is -0.414. The zero-order chi connectivity index (χ0) is 15.4. The number of nitrogens with one attached hydrogen (secondary N) is 1. The summed E-state index contributed by atoms with van der Waals surface area (Å²) in [5, 5.41) is 2.74. The average Bonchev–Trinajstić information content (AvgIpc) is 2.43. The fourth-order valence-electron chi connectivity index (χ4n) is 2.49. The van der Waals surface area contributed by atoms with E-state index in [-0.39, 0.29) is 18.4 Å². The molecule has 1 fully saturated rings. The van der Waals surface area contributed by atoms with Crippen LogP contribution in [0.25, 0.3) is 0 Å². The van der Waals surface area contributed by atoms with Gasteiger partial charge in [-0.1, -0.05) is 13.3 Å². The third-order valence-electron chi connectivity index (χ3n) is 3.43. The molecule has 1 saturated heterocycles. The van der Waals surface area contributed by atoms with Gasteiger partial charge in [0.15, 0.2) is 0 Å². The minimum absolute atomic E-state index is 0.0428. The summed E-state index contributed by atoms with van der Waals surface area (Å²) in [6.07, 6.45) is 1.51. The Morgan fingerprint density at radius 3 is 2.86 bits per heavy atom.